The molecule has 182 valence electrons. The number of aromatic amines is 1. The molecule has 2 heterocycles. The molecule has 34 heavy (non-hydrogen) atoms. The Hall–Kier alpha value is -2.72. The predicted octanol–water partition coefficient (Wildman–Crippen LogP) is 3.37. The van der Waals surface area contributed by atoms with Crippen molar-refractivity contribution in [2.75, 3.05) is 32.0 Å². The summed E-state index contributed by atoms with van der Waals surface area (Å²) in [5.41, 5.74) is 12.7. The van der Waals surface area contributed by atoms with E-state index in [1.807, 2.05) is 49.5 Å². The van der Waals surface area contributed by atoms with E-state index in [9.17, 15) is 13.2 Å². The summed E-state index contributed by atoms with van der Waals surface area (Å²) in [5, 5.41) is 0.971. The van der Waals surface area contributed by atoms with Crippen LogP contribution in [0.5, 0.6) is 0 Å². The number of nitrogens with two attached hydrogens (primary N) is 1. The summed E-state index contributed by atoms with van der Waals surface area (Å²) in [6.45, 7) is 3.89. The average Bonchev–Trinajstić information content (AvgIpc) is 3.28. The van der Waals surface area contributed by atoms with Crippen molar-refractivity contribution in [1.29, 1.82) is 0 Å². The highest BCUT2D eigenvalue weighted by molar-refractivity contribution is 7.89. The van der Waals surface area contributed by atoms with E-state index >= 15 is 0 Å². The Morgan fingerprint density at radius 2 is 1.91 bits per heavy atom. The number of benzene rings is 2. The van der Waals surface area contributed by atoms with Gasteiger partial charge in [-0.1, -0.05) is 30.3 Å². The number of H-pyrrole nitrogens is 1. The summed E-state index contributed by atoms with van der Waals surface area (Å²) < 4.78 is 27.1. The van der Waals surface area contributed by atoms with E-state index in [1.165, 1.54) is 0 Å². The third-order valence-electron chi connectivity index (χ3n) is 6.41. The molecule has 0 saturated carbocycles. The van der Waals surface area contributed by atoms with Gasteiger partial charge in [0.05, 0.1) is 23.4 Å². The van der Waals surface area contributed by atoms with Gasteiger partial charge in [-0.25, -0.2) is 18.2 Å². The topological polar surface area (TPSA) is 118 Å². The normalized spacial score (nSPS) is 15.7. The summed E-state index contributed by atoms with van der Waals surface area (Å²) in [6, 6.07) is 13.8. The van der Waals surface area contributed by atoms with Gasteiger partial charge in [0.25, 0.3) is 5.91 Å². The van der Waals surface area contributed by atoms with Crippen LogP contribution in [-0.4, -0.2) is 55.6 Å². The lowest BCUT2D eigenvalue weighted by atomic mass is 9.88. The van der Waals surface area contributed by atoms with Crippen molar-refractivity contribution in [3.63, 3.8) is 0 Å². The van der Waals surface area contributed by atoms with Crippen LogP contribution < -0.4 is 11.2 Å². The van der Waals surface area contributed by atoms with Crippen molar-refractivity contribution in [2.24, 2.45) is 5.73 Å². The summed E-state index contributed by atoms with van der Waals surface area (Å²) in [6.07, 6.45) is 3.90. The van der Waals surface area contributed by atoms with Gasteiger partial charge < -0.3 is 15.6 Å². The van der Waals surface area contributed by atoms with Crippen LogP contribution in [0.15, 0.2) is 48.7 Å². The average molecular weight is 485 g/mol. The third kappa shape index (κ3) is 5.33. The highest BCUT2D eigenvalue weighted by Gasteiger charge is 2.30. The first kappa shape index (κ1) is 24.4. The Kier molecular flexibility index (Phi) is 7.67. The number of rotatable bonds is 10. The lowest BCUT2D eigenvalue weighted by Crippen LogP contribution is -2.39. The molecule has 0 bridgehead atoms. The van der Waals surface area contributed by atoms with E-state index in [4.69, 9.17) is 10.6 Å². The zero-order chi connectivity index (χ0) is 24.1. The molecule has 1 fully saturated rings. The summed E-state index contributed by atoms with van der Waals surface area (Å²) in [4.78, 5) is 20.5. The van der Waals surface area contributed by atoms with Crippen molar-refractivity contribution in [2.45, 2.75) is 32.1 Å². The number of nitrogens with zero attached hydrogens (tertiary/aromatic N) is 1. The standard InChI is InChI=1S/C25H32N4O4S/c1-2-33-28-11-6-14-34(31,32)29-12-9-19(10-13-29)23-17-27-24-21(23)15-20(16-22(24)25(26)30)18-7-4-3-5-8-18/h3-5,7-8,15-17,19,27-28H,2,6,9-14H2,1H3,(H2,26,30). The maximum absolute atomic E-state index is 12.7. The third-order valence-corrected chi connectivity index (χ3v) is 8.37. The number of amides is 1. The largest absolute Gasteiger partial charge is 0.366 e. The fraction of sp³-hybridized carbons (Fsp3) is 0.400. The lowest BCUT2D eigenvalue weighted by molar-refractivity contribution is 0.0513. The molecular formula is C25H32N4O4S. The van der Waals surface area contributed by atoms with E-state index in [0.29, 0.717) is 38.2 Å². The molecule has 0 aliphatic carbocycles. The Labute approximate surface area is 200 Å². The van der Waals surface area contributed by atoms with Gasteiger partial charge in [0.15, 0.2) is 0 Å². The van der Waals surface area contributed by atoms with E-state index in [0.717, 1.165) is 40.4 Å². The molecule has 4 rings (SSSR count). The Balaban J connectivity index is 1.52. The van der Waals surface area contributed by atoms with Gasteiger partial charge in [-0.3, -0.25) is 4.79 Å². The number of hydrogen-bond acceptors (Lipinski definition) is 5. The van der Waals surface area contributed by atoms with E-state index in [2.05, 4.69) is 16.5 Å². The van der Waals surface area contributed by atoms with Crippen LogP contribution in [0.1, 0.15) is 48.0 Å². The number of hydroxylamine groups is 1. The number of fused-ring (bicyclic) bond motifs is 1. The van der Waals surface area contributed by atoms with E-state index in [1.54, 1.807) is 4.31 Å². The maximum Gasteiger partial charge on any atom is 0.250 e. The van der Waals surface area contributed by atoms with Gasteiger partial charge in [-0.2, -0.15) is 0 Å². The molecule has 1 aromatic heterocycles. The molecule has 1 aliphatic rings. The Morgan fingerprint density at radius 1 is 1.18 bits per heavy atom. The van der Waals surface area contributed by atoms with Gasteiger partial charge in [0.1, 0.15) is 0 Å². The highest BCUT2D eigenvalue weighted by atomic mass is 32.2. The van der Waals surface area contributed by atoms with Crippen LogP contribution in [0.3, 0.4) is 0 Å². The second-order valence-electron chi connectivity index (χ2n) is 8.59. The van der Waals surface area contributed by atoms with Gasteiger partial charge in [-0.05, 0) is 60.9 Å². The number of aromatic nitrogens is 1. The number of sulfonamides is 1. The molecule has 1 aliphatic heterocycles. The van der Waals surface area contributed by atoms with Crippen molar-refractivity contribution in [3.8, 4) is 11.1 Å². The van der Waals surface area contributed by atoms with Crippen LogP contribution in [0.2, 0.25) is 0 Å². The van der Waals surface area contributed by atoms with Gasteiger partial charge in [0.2, 0.25) is 10.0 Å². The van der Waals surface area contributed by atoms with Crippen LogP contribution in [0.4, 0.5) is 0 Å². The molecule has 1 saturated heterocycles. The minimum Gasteiger partial charge on any atom is -0.366 e. The SMILES string of the molecule is CCONCCCS(=O)(=O)N1CCC(c2c[nH]c3c(C(N)=O)cc(-c4ccccc4)cc23)CC1. The monoisotopic (exact) mass is 484 g/mol. The second kappa shape index (κ2) is 10.7. The number of nitrogens with one attached hydrogen (secondary N) is 2. The first-order chi connectivity index (χ1) is 16.4. The molecule has 0 unspecified atom stereocenters. The number of carbonyl (C=O) groups excluding carboxylic acids is 1. The number of carbonyl (C=O) groups is 1. The maximum atomic E-state index is 12.7. The quantitative estimate of drug-likeness (QED) is 0.301. The molecule has 9 heteroatoms. The van der Waals surface area contributed by atoms with Crippen LogP contribution in [0, 0.1) is 0 Å². The number of hydrogen-bond donors (Lipinski definition) is 3. The van der Waals surface area contributed by atoms with Crippen LogP contribution in [0.25, 0.3) is 22.0 Å². The summed E-state index contributed by atoms with van der Waals surface area (Å²) in [5.74, 6) is -0.171. The van der Waals surface area contributed by atoms with Crippen molar-refractivity contribution < 1.29 is 18.0 Å². The fourth-order valence-corrected chi connectivity index (χ4v) is 6.19. The van der Waals surface area contributed by atoms with Gasteiger partial charge in [0, 0.05) is 31.2 Å². The molecular weight excluding hydrogens is 452 g/mol. The molecule has 3 aromatic rings. The summed E-state index contributed by atoms with van der Waals surface area (Å²) in [7, 11) is -3.30. The first-order valence-electron chi connectivity index (χ1n) is 11.7. The molecule has 8 nitrogen and oxygen atoms in total. The van der Waals surface area contributed by atoms with Crippen molar-refractivity contribution >= 4 is 26.8 Å². The fourth-order valence-electron chi connectivity index (χ4n) is 4.66. The minimum absolute atomic E-state index is 0.104. The van der Waals surface area contributed by atoms with E-state index < -0.39 is 15.9 Å². The van der Waals surface area contributed by atoms with Gasteiger partial charge >= 0.3 is 0 Å². The Bertz CT molecular complexity index is 1230. The highest BCUT2D eigenvalue weighted by Crippen LogP contribution is 2.37. The van der Waals surface area contributed by atoms with Gasteiger partial charge in [-0.15, -0.1) is 0 Å². The van der Waals surface area contributed by atoms with Crippen molar-refractivity contribution in [1.82, 2.24) is 14.8 Å². The van der Waals surface area contributed by atoms with Crippen molar-refractivity contribution in [3.05, 3.63) is 59.8 Å². The molecule has 0 spiro atoms. The number of primary amides is 1. The molecule has 1 amide bonds. The predicted molar refractivity (Wildman–Crippen MR) is 134 cm³/mol. The lowest BCUT2D eigenvalue weighted by Gasteiger charge is -2.31. The second-order valence-corrected chi connectivity index (χ2v) is 10.7. The number of piperidine rings is 1. The smallest absolute Gasteiger partial charge is 0.250 e. The molecule has 4 N–H and O–H groups in total. The minimum atomic E-state index is -3.30. The van der Waals surface area contributed by atoms with Crippen LogP contribution >= 0.6 is 0 Å². The molecule has 0 atom stereocenters. The first-order valence-corrected chi connectivity index (χ1v) is 13.3. The van der Waals surface area contributed by atoms with Crippen LogP contribution in [-0.2, 0) is 14.9 Å². The molecule has 2 aromatic carbocycles. The zero-order valence-corrected chi connectivity index (χ0v) is 20.2. The van der Waals surface area contributed by atoms with E-state index in [-0.39, 0.29) is 11.7 Å². The zero-order valence-electron chi connectivity index (χ0n) is 19.4. The summed E-state index contributed by atoms with van der Waals surface area (Å²) >= 11 is 0. The molecule has 0 radical (unpaired) electrons. The Morgan fingerprint density at radius 3 is 2.59 bits per heavy atom.